The van der Waals surface area contributed by atoms with Gasteiger partial charge in [0.2, 0.25) is 33.4 Å². The number of nitrogens with zero attached hydrogens (tertiary/aromatic N) is 5. The second kappa shape index (κ2) is 15.0. The number of allylic oxidation sites excluding steroid dienone is 2. The number of nitrogens with one attached hydrogen (secondary N) is 1. The summed E-state index contributed by atoms with van der Waals surface area (Å²) in [6.07, 6.45) is 3.54. The van der Waals surface area contributed by atoms with Gasteiger partial charge in [0.15, 0.2) is 11.6 Å². The lowest BCUT2D eigenvalue weighted by Crippen LogP contribution is -2.46. The third-order valence-corrected chi connectivity index (χ3v) is 12.7. The summed E-state index contributed by atoms with van der Waals surface area (Å²) < 4.78 is 76.6. The number of hydrogen-bond donors (Lipinski definition) is 1. The molecule has 2 aliphatic carbocycles. The molecule has 17 heteroatoms. The molecular weight excluding hydrogens is 742 g/mol. The quantitative estimate of drug-likeness (QED) is 0.238. The number of ether oxygens (including phenoxy) is 1. The Kier molecular flexibility index (Phi) is 10.5. The van der Waals surface area contributed by atoms with Crippen molar-refractivity contribution in [3.63, 3.8) is 0 Å². The van der Waals surface area contributed by atoms with Crippen molar-refractivity contribution in [2.24, 2.45) is 17.3 Å². The van der Waals surface area contributed by atoms with Gasteiger partial charge in [-0.1, -0.05) is 37.1 Å². The first-order chi connectivity index (χ1) is 26.1. The van der Waals surface area contributed by atoms with Crippen molar-refractivity contribution in [2.45, 2.75) is 101 Å². The van der Waals surface area contributed by atoms with Gasteiger partial charge in [-0.05, 0) is 63.5 Å². The highest BCUT2D eigenvalue weighted by Gasteiger charge is 2.61. The van der Waals surface area contributed by atoms with Gasteiger partial charge in [-0.3, -0.25) is 28.9 Å². The highest BCUT2D eigenvalue weighted by atomic mass is 32.2. The number of rotatable bonds is 8. The summed E-state index contributed by atoms with van der Waals surface area (Å²) in [5.74, 6) is -4.51. The molecule has 2 aliphatic heterocycles. The van der Waals surface area contributed by atoms with Crippen molar-refractivity contribution in [1.29, 1.82) is 0 Å². The molecule has 1 saturated heterocycles. The van der Waals surface area contributed by atoms with E-state index in [1.807, 2.05) is 12.2 Å². The third-order valence-electron chi connectivity index (χ3n) is 10.9. The molecule has 0 bridgehead atoms. The maximum absolute atomic E-state index is 14.6. The summed E-state index contributed by atoms with van der Waals surface area (Å²) in [6, 6.07) is 4.73. The van der Waals surface area contributed by atoms with Crippen molar-refractivity contribution >= 4 is 44.4 Å². The molecule has 13 nitrogen and oxygen atoms in total. The van der Waals surface area contributed by atoms with Crippen LogP contribution in [0, 0.1) is 24.2 Å². The van der Waals surface area contributed by atoms with Gasteiger partial charge in [-0.25, -0.2) is 23.4 Å². The molecule has 2 aromatic heterocycles. The van der Waals surface area contributed by atoms with Crippen molar-refractivity contribution in [2.75, 3.05) is 6.54 Å². The Balaban J connectivity index is 1.22. The Labute approximate surface area is 315 Å². The van der Waals surface area contributed by atoms with Crippen LogP contribution in [0.3, 0.4) is 0 Å². The van der Waals surface area contributed by atoms with Gasteiger partial charge in [-0.15, -0.1) is 0 Å². The highest BCUT2D eigenvalue weighted by molar-refractivity contribution is 7.90. The number of benzene rings is 1. The van der Waals surface area contributed by atoms with E-state index in [1.165, 1.54) is 35.5 Å². The van der Waals surface area contributed by atoms with Crippen LogP contribution in [0.25, 0.3) is 11.0 Å². The number of Topliss-reactive ketones (excluding diaryl/α,β-unsaturated/α-hetero) is 2. The van der Waals surface area contributed by atoms with Crippen molar-refractivity contribution < 1.29 is 45.5 Å². The number of fused-ring (bicyclic) bond motifs is 3. The molecule has 3 aromatic rings. The fourth-order valence-electron chi connectivity index (χ4n) is 7.59. The minimum absolute atomic E-state index is 0.00213. The van der Waals surface area contributed by atoms with Gasteiger partial charge >= 0.3 is 6.18 Å². The molecule has 1 N–H and O–H groups in total. The second-order valence-electron chi connectivity index (χ2n) is 15.1. The van der Waals surface area contributed by atoms with Crippen LogP contribution in [-0.4, -0.2) is 80.6 Å². The molecule has 292 valence electrons. The topological polar surface area (TPSA) is 178 Å². The van der Waals surface area contributed by atoms with Crippen LogP contribution in [0.15, 0.2) is 48.8 Å². The minimum atomic E-state index is -4.94. The van der Waals surface area contributed by atoms with E-state index in [0.29, 0.717) is 44.2 Å². The monoisotopic (exact) mass is 782 g/mol. The maximum atomic E-state index is 14.6. The van der Waals surface area contributed by atoms with Crippen LogP contribution in [0.2, 0.25) is 0 Å². The number of alkyl halides is 3. The molecule has 0 radical (unpaired) electrons. The van der Waals surface area contributed by atoms with Crippen molar-refractivity contribution in [3.8, 4) is 5.88 Å². The third kappa shape index (κ3) is 8.40. The number of carbonyl (C=O) groups excluding carboxylic acids is 4. The number of aromatic nitrogens is 4. The summed E-state index contributed by atoms with van der Waals surface area (Å²) in [6.45, 7) is 1.41. The second-order valence-corrected chi connectivity index (χ2v) is 17.0. The van der Waals surface area contributed by atoms with E-state index in [0.717, 1.165) is 6.42 Å². The number of halogens is 3. The normalized spacial score (nSPS) is 27.0. The summed E-state index contributed by atoms with van der Waals surface area (Å²) in [4.78, 5) is 73.6. The van der Waals surface area contributed by atoms with E-state index in [2.05, 4.69) is 24.7 Å². The Morgan fingerprint density at radius 1 is 1.02 bits per heavy atom. The molecule has 4 aliphatic rings. The molecular formula is C38H41F3N6O7S. The predicted octanol–water partition coefficient (Wildman–Crippen LogP) is 5.08. The molecule has 3 fully saturated rings. The van der Waals surface area contributed by atoms with Gasteiger partial charge in [0.1, 0.15) is 11.8 Å². The largest absolute Gasteiger partial charge is 0.471 e. The highest BCUT2D eigenvalue weighted by Crippen LogP contribution is 2.57. The fraction of sp³-hybridized carbons (Fsp3) is 0.526. The standard InChI is InChI=1S/C38H41F3N6O7S/c1-22-19-43-29(20-42-22)31(48)15-23-9-5-3-2-4-6-10-24-17-37(24,36(51)46-55(52,53)26-13-14-26)18-32(49)30-16-25(21-47(30)35(23)50)54-34-33(38(39,40)41)44-27-11-7-8-12-28(27)45-34/h6-8,10-12,19-20,23-26,30H,2-5,9,13-18,21H2,1H3,(H,46,51)/b10-6-/t23-,24-,25-,30+,37-/m1/s1. The van der Waals surface area contributed by atoms with Gasteiger partial charge in [-0.2, -0.15) is 13.2 Å². The first kappa shape index (κ1) is 38.5. The van der Waals surface area contributed by atoms with E-state index < -0.39 is 92.2 Å². The summed E-state index contributed by atoms with van der Waals surface area (Å²) in [5, 5.41) is -0.676. The Morgan fingerprint density at radius 3 is 2.45 bits per heavy atom. The zero-order chi connectivity index (χ0) is 39.1. The lowest BCUT2D eigenvalue weighted by Gasteiger charge is -2.29. The molecule has 55 heavy (non-hydrogen) atoms. The van der Waals surface area contributed by atoms with E-state index in [4.69, 9.17) is 4.74 Å². The van der Waals surface area contributed by atoms with Crippen LogP contribution in [0.1, 0.15) is 92.5 Å². The van der Waals surface area contributed by atoms with Gasteiger partial charge in [0.25, 0.3) is 0 Å². The smallest absolute Gasteiger partial charge is 0.438 e. The number of carbonyl (C=O) groups is 4. The number of amides is 2. The first-order valence-electron chi connectivity index (χ1n) is 18.5. The van der Waals surface area contributed by atoms with E-state index in [1.54, 1.807) is 13.0 Å². The van der Waals surface area contributed by atoms with Crippen LogP contribution in [0.5, 0.6) is 5.88 Å². The summed E-state index contributed by atoms with van der Waals surface area (Å²) >= 11 is 0. The van der Waals surface area contributed by atoms with Crippen LogP contribution < -0.4 is 9.46 Å². The first-order valence-corrected chi connectivity index (χ1v) is 20.1. The average Bonchev–Trinajstić information content (AvgIpc) is 4.06. The number of sulfonamides is 1. The summed E-state index contributed by atoms with van der Waals surface area (Å²) in [5.41, 5.74) is -1.95. The molecule has 2 saturated carbocycles. The molecule has 0 spiro atoms. The van der Waals surface area contributed by atoms with Crippen molar-refractivity contribution in [1.82, 2.24) is 29.6 Å². The Bertz CT molecular complexity index is 2140. The Morgan fingerprint density at radius 2 is 1.76 bits per heavy atom. The van der Waals surface area contributed by atoms with Crippen LogP contribution >= 0.6 is 0 Å². The SMILES string of the molecule is Cc1cnc(C(=O)C[C@H]2CCCCC/C=C\[C@@H]3C[C@@]3(C(=O)NS(=O)(=O)C3CC3)CC(=O)[C@@H]3C[C@@H](Oc4nc5ccccc5nc4C(F)(F)F)CN3C2=O)cn1. The number of ketones is 2. The number of hydrogen-bond acceptors (Lipinski definition) is 11. The van der Waals surface area contributed by atoms with Crippen LogP contribution in [-0.2, 0) is 30.6 Å². The molecule has 7 rings (SSSR count). The molecule has 1 aromatic carbocycles. The average molecular weight is 783 g/mol. The molecule has 4 heterocycles. The fourth-order valence-corrected chi connectivity index (χ4v) is 8.98. The predicted molar refractivity (Wildman–Crippen MR) is 191 cm³/mol. The van der Waals surface area contributed by atoms with E-state index in [-0.39, 0.29) is 42.5 Å². The molecule has 2 amide bonds. The zero-order valence-corrected chi connectivity index (χ0v) is 30.9. The zero-order valence-electron chi connectivity index (χ0n) is 30.1. The van der Waals surface area contributed by atoms with Gasteiger partial charge < -0.3 is 9.64 Å². The van der Waals surface area contributed by atoms with Gasteiger partial charge in [0.05, 0.1) is 46.2 Å². The molecule has 5 atom stereocenters. The van der Waals surface area contributed by atoms with Crippen molar-refractivity contribution in [3.05, 3.63) is 65.9 Å². The summed E-state index contributed by atoms with van der Waals surface area (Å²) in [7, 11) is -3.94. The molecule has 0 unspecified atom stereocenters. The maximum Gasteiger partial charge on any atom is 0.438 e. The van der Waals surface area contributed by atoms with Gasteiger partial charge in [0, 0.05) is 31.4 Å². The van der Waals surface area contributed by atoms with Crippen LogP contribution in [0.4, 0.5) is 13.2 Å². The lowest BCUT2D eigenvalue weighted by molar-refractivity contribution is -0.143. The number of aryl methyl sites for hydroxylation is 1. The Hall–Kier alpha value is -4.80. The minimum Gasteiger partial charge on any atom is -0.471 e. The van der Waals surface area contributed by atoms with E-state index >= 15 is 0 Å². The van der Waals surface area contributed by atoms with E-state index in [9.17, 15) is 40.8 Å². The number of para-hydroxylation sites is 2. The lowest BCUT2D eigenvalue weighted by atomic mass is 9.90.